The predicted molar refractivity (Wildman–Crippen MR) is 86.0 cm³/mol. The molecule has 3 nitrogen and oxygen atoms in total. The van der Waals surface area contributed by atoms with E-state index in [0.29, 0.717) is 0 Å². The second-order valence-electron chi connectivity index (χ2n) is 5.60. The van der Waals surface area contributed by atoms with Crippen molar-refractivity contribution in [3.63, 3.8) is 0 Å². The first kappa shape index (κ1) is 15.4. The maximum absolute atomic E-state index is 6.56. The van der Waals surface area contributed by atoms with Crippen LogP contribution in [0, 0.1) is 6.92 Å². The molecule has 112 valence electrons. The Labute approximate surface area is 126 Å². The highest BCUT2D eigenvalue weighted by Gasteiger charge is 2.23. The Morgan fingerprint density at radius 1 is 1.00 bits per heavy atom. The van der Waals surface area contributed by atoms with Crippen molar-refractivity contribution in [2.24, 2.45) is 5.73 Å². The number of hydrogen-bond donors (Lipinski definition) is 1. The molecular weight excluding hydrogens is 262 g/mol. The van der Waals surface area contributed by atoms with E-state index in [9.17, 15) is 0 Å². The molecule has 0 aliphatic rings. The zero-order valence-electron chi connectivity index (χ0n) is 13.1. The van der Waals surface area contributed by atoms with Gasteiger partial charge in [0.2, 0.25) is 0 Å². The van der Waals surface area contributed by atoms with Gasteiger partial charge in [0, 0.05) is 5.54 Å². The molecule has 2 rings (SSSR count). The van der Waals surface area contributed by atoms with Gasteiger partial charge in [-0.15, -0.1) is 0 Å². The molecule has 0 amide bonds. The molecule has 0 heterocycles. The molecule has 0 aromatic heterocycles. The Balaban J connectivity index is 2.30. The van der Waals surface area contributed by atoms with E-state index >= 15 is 0 Å². The molecule has 0 radical (unpaired) electrons. The Bertz CT molecular complexity index is 620. The Morgan fingerprint density at radius 3 is 2.29 bits per heavy atom. The molecule has 21 heavy (non-hydrogen) atoms. The third-order valence-electron chi connectivity index (χ3n) is 3.78. The quantitative estimate of drug-likeness (QED) is 0.915. The number of aryl methyl sites for hydroxylation is 1. The highest BCUT2D eigenvalue weighted by Crippen LogP contribution is 2.31. The SMILES string of the molecule is COc1ccc(CC(C)(N)c2ccccc2C)cc1OC. The minimum Gasteiger partial charge on any atom is -0.493 e. The van der Waals surface area contributed by atoms with Crippen LogP contribution in [0.4, 0.5) is 0 Å². The van der Waals surface area contributed by atoms with Gasteiger partial charge >= 0.3 is 0 Å². The molecule has 0 aliphatic carbocycles. The average molecular weight is 285 g/mol. The summed E-state index contributed by atoms with van der Waals surface area (Å²) in [6.07, 6.45) is 0.734. The third-order valence-corrected chi connectivity index (χ3v) is 3.78. The molecule has 2 aromatic rings. The number of methoxy groups -OCH3 is 2. The van der Waals surface area contributed by atoms with Crippen LogP contribution in [0.1, 0.15) is 23.6 Å². The molecule has 2 aromatic carbocycles. The van der Waals surface area contributed by atoms with Crippen molar-refractivity contribution in [3.05, 3.63) is 59.2 Å². The molecule has 1 unspecified atom stereocenters. The van der Waals surface area contributed by atoms with Crippen LogP contribution in [0.25, 0.3) is 0 Å². The van der Waals surface area contributed by atoms with E-state index in [2.05, 4.69) is 26.0 Å². The number of nitrogens with two attached hydrogens (primary N) is 1. The molecule has 0 aliphatic heterocycles. The second-order valence-corrected chi connectivity index (χ2v) is 5.60. The molecule has 0 spiro atoms. The number of hydrogen-bond acceptors (Lipinski definition) is 3. The minimum atomic E-state index is -0.426. The first-order valence-corrected chi connectivity index (χ1v) is 7.04. The molecule has 0 bridgehead atoms. The molecule has 1 atom stereocenters. The van der Waals surface area contributed by atoms with Crippen molar-refractivity contribution >= 4 is 0 Å². The maximum atomic E-state index is 6.56. The van der Waals surface area contributed by atoms with Crippen LogP contribution in [-0.4, -0.2) is 14.2 Å². The Kier molecular flexibility index (Phi) is 4.53. The fourth-order valence-corrected chi connectivity index (χ4v) is 2.72. The van der Waals surface area contributed by atoms with Crippen LogP contribution in [-0.2, 0) is 12.0 Å². The molecular formula is C18H23NO2. The van der Waals surface area contributed by atoms with Gasteiger partial charge in [0.1, 0.15) is 0 Å². The fraction of sp³-hybridized carbons (Fsp3) is 0.333. The van der Waals surface area contributed by atoms with E-state index in [1.165, 1.54) is 11.1 Å². The largest absolute Gasteiger partial charge is 0.493 e. The Morgan fingerprint density at radius 2 is 1.67 bits per heavy atom. The van der Waals surface area contributed by atoms with Crippen LogP contribution in [0.3, 0.4) is 0 Å². The average Bonchev–Trinajstić information content (AvgIpc) is 2.47. The van der Waals surface area contributed by atoms with Crippen molar-refractivity contribution in [2.45, 2.75) is 25.8 Å². The van der Waals surface area contributed by atoms with Crippen LogP contribution in [0.15, 0.2) is 42.5 Å². The minimum absolute atomic E-state index is 0.426. The zero-order valence-corrected chi connectivity index (χ0v) is 13.1. The van der Waals surface area contributed by atoms with Gasteiger partial charge in [0.15, 0.2) is 11.5 Å². The second kappa shape index (κ2) is 6.19. The summed E-state index contributed by atoms with van der Waals surface area (Å²) in [6, 6.07) is 14.2. The van der Waals surface area contributed by atoms with Crippen molar-refractivity contribution < 1.29 is 9.47 Å². The monoisotopic (exact) mass is 285 g/mol. The molecule has 0 saturated carbocycles. The number of ether oxygens (including phenoxy) is 2. The highest BCUT2D eigenvalue weighted by atomic mass is 16.5. The van der Waals surface area contributed by atoms with E-state index in [0.717, 1.165) is 23.5 Å². The van der Waals surface area contributed by atoms with E-state index in [4.69, 9.17) is 15.2 Å². The molecule has 0 fully saturated rings. The smallest absolute Gasteiger partial charge is 0.160 e. The van der Waals surface area contributed by atoms with Crippen LogP contribution >= 0.6 is 0 Å². The molecule has 2 N–H and O–H groups in total. The lowest BCUT2D eigenvalue weighted by Gasteiger charge is -2.27. The first-order chi connectivity index (χ1) is 9.97. The van der Waals surface area contributed by atoms with Gasteiger partial charge in [-0.25, -0.2) is 0 Å². The van der Waals surface area contributed by atoms with E-state index < -0.39 is 5.54 Å². The predicted octanol–water partition coefficient (Wildman–Crippen LogP) is 3.43. The van der Waals surface area contributed by atoms with Crippen molar-refractivity contribution in [1.82, 2.24) is 0 Å². The van der Waals surface area contributed by atoms with E-state index in [1.807, 2.05) is 30.3 Å². The topological polar surface area (TPSA) is 44.5 Å². The van der Waals surface area contributed by atoms with Crippen molar-refractivity contribution in [2.75, 3.05) is 14.2 Å². The summed E-state index contributed by atoms with van der Waals surface area (Å²) in [7, 11) is 3.28. The van der Waals surface area contributed by atoms with Gasteiger partial charge in [0.05, 0.1) is 14.2 Å². The Hall–Kier alpha value is -2.00. The van der Waals surface area contributed by atoms with Crippen LogP contribution in [0.2, 0.25) is 0 Å². The maximum Gasteiger partial charge on any atom is 0.160 e. The normalized spacial score (nSPS) is 13.6. The van der Waals surface area contributed by atoms with E-state index in [-0.39, 0.29) is 0 Å². The zero-order chi connectivity index (χ0) is 15.5. The highest BCUT2D eigenvalue weighted by molar-refractivity contribution is 5.44. The fourth-order valence-electron chi connectivity index (χ4n) is 2.72. The number of benzene rings is 2. The molecule has 0 saturated heterocycles. The van der Waals surface area contributed by atoms with Crippen LogP contribution < -0.4 is 15.2 Å². The lowest BCUT2D eigenvalue weighted by atomic mass is 9.84. The summed E-state index contributed by atoms with van der Waals surface area (Å²) in [5, 5.41) is 0. The first-order valence-electron chi connectivity index (χ1n) is 7.04. The van der Waals surface area contributed by atoms with Gasteiger partial charge < -0.3 is 15.2 Å². The summed E-state index contributed by atoms with van der Waals surface area (Å²) in [4.78, 5) is 0. The molecule has 3 heteroatoms. The third kappa shape index (κ3) is 3.37. The van der Waals surface area contributed by atoms with Crippen molar-refractivity contribution in [1.29, 1.82) is 0 Å². The standard InChI is InChI=1S/C18H23NO2/c1-13-7-5-6-8-15(13)18(2,19)12-14-9-10-16(20-3)17(11-14)21-4/h5-11H,12,19H2,1-4H3. The summed E-state index contributed by atoms with van der Waals surface area (Å²) in [5.41, 5.74) is 9.64. The summed E-state index contributed by atoms with van der Waals surface area (Å²) >= 11 is 0. The van der Waals surface area contributed by atoms with Gasteiger partial charge in [-0.1, -0.05) is 30.3 Å². The van der Waals surface area contributed by atoms with Gasteiger partial charge in [0.25, 0.3) is 0 Å². The van der Waals surface area contributed by atoms with Gasteiger partial charge in [-0.2, -0.15) is 0 Å². The summed E-state index contributed by atoms with van der Waals surface area (Å²) in [6.45, 7) is 4.15. The van der Waals surface area contributed by atoms with Crippen LogP contribution in [0.5, 0.6) is 11.5 Å². The number of rotatable bonds is 5. The lowest BCUT2D eigenvalue weighted by Crippen LogP contribution is -2.36. The van der Waals surface area contributed by atoms with Gasteiger partial charge in [-0.3, -0.25) is 0 Å². The van der Waals surface area contributed by atoms with Gasteiger partial charge in [-0.05, 0) is 49.1 Å². The summed E-state index contributed by atoms with van der Waals surface area (Å²) < 4.78 is 10.6. The lowest BCUT2D eigenvalue weighted by molar-refractivity contribution is 0.354. The van der Waals surface area contributed by atoms with E-state index in [1.54, 1.807) is 14.2 Å². The summed E-state index contributed by atoms with van der Waals surface area (Å²) in [5.74, 6) is 1.46. The van der Waals surface area contributed by atoms with Crippen molar-refractivity contribution in [3.8, 4) is 11.5 Å².